The SMILES string of the molecule is CC(C)(C)CC(Cc1cccc(Oc2cccc(Cn3cc(B4OC(C)(C)C(C)(C)O4)cn3)c2)c1)OC(N)=O. The Morgan fingerprint density at radius 3 is 2.21 bits per heavy atom. The van der Waals surface area contributed by atoms with Gasteiger partial charge in [-0.1, -0.05) is 45.0 Å². The van der Waals surface area contributed by atoms with Crippen molar-refractivity contribution in [1.29, 1.82) is 0 Å². The third kappa shape index (κ3) is 7.64. The average molecular weight is 533 g/mol. The lowest BCUT2D eigenvalue weighted by molar-refractivity contribution is 0.00578. The number of nitrogens with zero attached hydrogens (tertiary/aromatic N) is 2. The number of benzene rings is 2. The van der Waals surface area contributed by atoms with Crippen LogP contribution in [-0.2, 0) is 27.0 Å². The van der Waals surface area contributed by atoms with Gasteiger partial charge in [0.25, 0.3) is 0 Å². The highest BCUT2D eigenvalue weighted by molar-refractivity contribution is 6.62. The van der Waals surface area contributed by atoms with E-state index in [2.05, 4.69) is 25.9 Å². The van der Waals surface area contributed by atoms with E-state index < -0.39 is 24.4 Å². The maximum atomic E-state index is 11.4. The lowest BCUT2D eigenvalue weighted by Crippen LogP contribution is -2.41. The minimum absolute atomic E-state index is 0.00562. The standard InChI is InChI=1S/C30H40BN3O5/c1-28(2,3)17-26(37-27(32)35)15-21-10-8-12-24(14-21)36-25-13-9-11-22(16-25)19-34-20-23(18-33-34)31-38-29(4,5)30(6,7)39-31/h8-14,16,18,20,26H,15,17,19H2,1-7H3,(H2,32,35). The van der Waals surface area contributed by atoms with Crippen molar-refractivity contribution >= 4 is 18.7 Å². The van der Waals surface area contributed by atoms with Crippen molar-refractivity contribution in [3.63, 3.8) is 0 Å². The molecule has 1 fully saturated rings. The molecule has 208 valence electrons. The monoisotopic (exact) mass is 533 g/mol. The van der Waals surface area contributed by atoms with Crippen LogP contribution in [-0.4, -0.2) is 40.3 Å². The van der Waals surface area contributed by atoms with Crippen LogP contribution in [0.25, 0.3) is 0 Å². The number of hydrogen-bond donors (Lipinski definition) is 1. The first-order valence-electron chi connectivity index (χ1n) is 13.4. The molecule has 4 rings (SSSR count). The number of aromatic nitrogens is 2. The summed E-state index contributed by atoms with van der Waals surface area (Å²) >= 11 is 0. The Kier molecular flexibility index (Phi) is 8.14. The van der Waals surface area contributed by atoms with Crippen LogP contribution in [0.2, 0.25) is 0 Å². The summed E-state index contributed by atoms with van der Waals surface area (Å²) in [5, 5.41) is 4.52. The fourth-order valence-electron chi connectivity index (χ4n) is 4.60. The zero-order valence-electron chi connectivity index (χ0n) is 24.1. The number of ether oxygens (including phenoxy) is 2. The molecule has 1 atom stereocenters. The molecule has 0 radical (unpaired) electrons. The number of primary amides is 1. The number of amides is 1. The second-order valence-electron chi connectivity index (χ2n) is 12.5. The van der Waals surface area contributed by atoms with Gasteiger partial charge in [0.05, 0.1) is 17.7 Å². The number of nitrogens with two attached hydrogens (primary N) is 1. The number of hydrogen-bond acceptors (Lipinski definition) is 6. The van der Waals surface area contributed by atoms with Crippen molar-refractivity contribution in [3.8, 4) is 11.5 Å². The van der Waals surface area contributed by atoms with Gasteiger partial charge >= 0.3 is 13.2 Å². The normalized spacial score (nSPS) is 17.2. The molecule has 0 spiro atoms. The molecule has 2 N–H and O–H groups in total. The molecule has 0 bridgehead atoms. The fraction of sp³-hybridized carbons (Fsp3) is 0.467. The van der Waals surface area contributed by atoms with E-state index in [1.165, 1.54) is 0 Å². The van der Waals surface area contributed by atoms with Crippen LogP contribution in [0.15, 0.2) is 60.9 Å². The van der Waals surface area contributed by atoms with Crippen LogP contribution in [0.4, 0.5) is 4.79 Å². The minimum Gasteiger partial charge on any atom is -0.457 e. The van der Waals surface area contributed by atoms with Gasteiger partial charge in [0.15, 0.2) is 0 Å². The van der Waals surface area contributed by atoms with Gasteiger partial charge in [-0.05, 0) is 74.9 Å². The van der Waals surface area contributed by atoms with Crippen LogP contribution in [0.5, 0.6) is 11.5 Å². The Hall–Kier alpha value is -3.30. The summed E-state index contributed by atoms with van der Waals surface area (Å²) < 4.78 is 25.7. The molecule has 1 amide bonds. The Morgan fingerprint density at radius 2 is 1.62 bits per heavy atom. The molecule has 8 nitrogen and oxygen atoms in total. The first kappa shape index (κ1) is 28.7. The lowest BCUT2D eigenvalue weighted by atomic mass is 9.82. The van der Waals surface area contributed by atoms with Crippen molar-refractivity contribution in [2.75, 3.05) is 0 Å². The van der Waals surface area contributed by atoms with E-state index in [4.69, 9.17) is 24.5 Å². The third-order valence-electron chi connectivity index (χ3n) is 7.14. The van der Waals surface area contributed by atoms with Gasteiger partial charge in [-0.15, -0.1) is 0 Å². The average Bonchev–Trinajstić information content (AvgIpc) is 3.33. The molecule has 9 heteroatoms. The summed E-state index contributed by atoms with van der Waals surface area (Å²) in [5.74, 6) is 1.43. The van der Waals surface area contributed by atoms with Crippen LogP contribution in [0, 0.1) is 5.41 Å². The maximum absolute atomic E-state index is 11.4. The number of carbonyl (C=O) groups is 1. The van der Waals surface area contributed by atoms with Gasteiger partial charge in [-0.3, -0.25) is 4.68 Å². The predicted molar refractivity (Wildman–Crippen MR) is 152 cm³/mol. The largest absolute Gasteiger partial charge is 0.498 e. The molecule has 3 aromatic rings. The molecule has 1 aliphatic heterocycles. The molecule has 0 aliphatic carbocycles. The Bertz CT molecular complexity index is 1280. The van der Waals surface area contributed by atoms with Crippen molar-refractivity contribution in [3.05, 3.63) is 72.1 Å². The summed E-state index contributed by atoms with van der Waals surface area (Å²) in [5.41, 5.74) is 7.46. The van der Waals surface area contributed by atoms with Crippen molar-refractivity contribution < 1.29 is 23.6 Å². The van der Waals surface area contributed by atoms with Crippen molar-refractivity contribution in [1.82, 2.24) is 9.78 Å². The summed E-state index contributed by atoms with van der Waals surface area (Å²) in [4.78, 5) is 11.4. The van der Waals surface area contributed by atoms with Crippen LogP contribution >= 0.6 is 0 Å². The maximum Gasteiger partial charge on any atom is 0.498 e. The van der Waals surface area contributed by atoms with Gasteiger partial charge in [0.1, 0.15) is 17.6 Å². The Labute approximate surface area is 231 Å². The molecule has 1 aliphatic rings. The van der Waals surface area contributed by atoms with Crippen LogP contribution in [0.3, 0.4) is 0 Å². The predicted octanol–water partition coefficient (Wildman–Crippen LogP) is 5.47. The van der Waals surface area contributed by atoms with E-state index >= 15 is 0 Å². The number of rotatable bonds is 9. The first-order chi connectivity index (χ1) is 18.2. The molecule has 39 heavy (non-hydrogen) atoms. The number of carbonyl (C=O) groups excluding carboxylic acids is 1. The molecule has 1 saturated heterocycles. The quantitative estimate of drug-likeness (QED) is 0.367. The molecule has 1 aromatic heterocycles. The topological polar surface area (TPSA) is 97.8 Å². The highest BCUT2D eigenvalue weighted by atomic mass is 16.7. The van der Waals surface area contributed by atoms with E-state index in [9.17, 15) is 4.79 Å². The summed E-state index contributed by atoms with van der Waals surface area (Å²) in [6.45, 7) is 15.1. The van der Waals surface area contributed by atoms with E-state index in [0.717, 1.165) is 22.3 Å². The van der Waals surface area contributed by atoms with E-state index in [0.29, 0.717) is 25.1 Å². The second-order valence-corrected chi connectivity index (χ2v) is 12.5. The summed E-state index contributed by atoms with van der Waals surface area (Å²) in [6, 6.07) is 15.7. The minimum atomic E-state index is -0.756. The lowest BCUT2D eigenvalue weighted by Gasteiger charge is -2.32. The molecule has 1 unspecified atom stereocenters. The Morgan fingerprint density at radius 1 is 1.03 bits per heavy atom. The zero-order valence-corrected chi connectivity index (χ0v) is 24.1. The zero-order chi connectivity index (χ0) is 28.4. The van der Waals surface area contributed by atoms with Gasteiger partial charge < -0.3 is 24.5 Å². The molecule has 2 aromatic carbocycles. The Balaban J connectivity index is 1.41. The van der Waals surface area contributed by atoms with Gasteiger partial charge in [-0.2, -0.15) is 5.10 Å². The summed E-state index contributed by atoms with van der Waals surface area (Å²) in [6.07, 6.45) is 3.95. The fourth-order valence-corrected chi connectivity index (χ4v) is 4.60. The molecular formula is C30H40BN3O5. The smallest absolute Gasteiger partial charge is 0.457 e. The van der Waals surface area contributed by atoms with Crippen LogP contribution < -0.4 is 15.9 Å². The van der Waals surface area contributed by atoms with Crippen LogP contribution in [0.1, 0.15) is 66.0 Å². The highest BCUT2D eigenvalue weighted by Gasteiger charge is 2.52. The third-order valence-corrected chi connectivity index (χ3v) is 7.14. The van der Waals surface area contributed by atoms with Crippen molar-refractivity contribution in [2.24, 2.45) is 11.1 Å². The van der Waals surface area contributed by atoms with Gasteiger partial charge in [0.2, 0.25) is 0 Å². The molecule has 0 saturated carbocycles. The summed E-state index contributed by atoms with van der Waals surface area (Å²) in [7, 11) is -0.443. The second kappa shape index (κ2) is 11.1. The van der Waals surface area contributed by atoms with Gasteiger partial charge in [-0.25, -0.2) is 4.79 Å². The van der Waals surface area contributed by atoms with E-state index in [-0.39, 0.29) is 11.5 Å². The molecule has 2 heterocycles. The first-order valence-corrected chi connectivity index (χ1v) is 13.4. The van der Waals surface area contributed by atoms with Gasteiger partial charge in [0, 0.05) is 24.3 Å². The highest BCUT2D eigenvalue weighted by Crippen LogP contribution is 2.36. The van der Waals surface area contributed by atoms with E-state index in [1.54, 1.807) is 6.20 Å². The van der Waals surface area contributed by atoms with E-state index in [1.807, 2.05) is 87.1 Å². The molecular weight excluding hydrogens is 493 g/mol. The van der Waals surface area contributed by atoms with Crippen molar-refractivity contribution in [2.45, 2.75) is 85.2 Å².